The molecule has 0 fully saturated rings. The minimum absolute atomic E-state index is 0.138. The molecule has 0 saturated heterocycles. The lowest BCUT2D eigenvalue weighted by Crippen LogP contribution is -2.51. The van der Waals surface area contributed by atoms with E-state index in [2.05, 4.69) is 6.58 Å². The number of hydrogen-bond acceptors (Lipinski definition) is 5. The molecule has 0 bridgehead atoms. The molecule has 6 nitrogen and oxygen atoms in total. The van der Waals surface area contributed by atoms with Gasteiger partial charge in [-0.3, -0.25) is 4.79 Å². The van der Waals surface area contributed by atoms with E-state index in [0.717, 1.165) is 0 Å². The molecule has 14 heteroatoms. The third-order valence-electron chi connectivity index (χ3n) is 2.35. The Hall–Kier alpha value is -1.15. The van der Waals surface area contributed by atoms with Crippen molar-refractivity contribution in [3.05, 3.63) is 12.2 Å². The number of carbonyl (C=O) groups excluding carboxylic acids is 1. The van der Waals surface area contributed by atoms with E-state index in [4.69, 9.17) is 0 Å². The topological polar surface area (TPSA) is 97.4 Å². The van der Waals surface area contributed by atoms with Crippen LogP contribution >= 0.6 is 0 Å². The normalized spacial score (nSPS) is 15.3. The van der Waals surface area contributed by atoms with Gasteiger partial charge in [-0.25, -0.2) is 21.2 Å². The zero-order chi connectivity index (χ0) is 18.9. The Bertz CT molecular complexity index is 682. The predicted molar refractivity (Wildman–Crippen MR) is 65.9 cm³/mol. The van der Waals surface area contributed by atoms with Crippen molar-refractivity contribution < 1.29 is 48.0 Å². The summed E-state index contributed by atoms with van der Waals surface area (Å²) in [4.78, 5) is 11.1. The van der Waals surface area contributed by atoms with Crippen molar-refractivity contribution in [3.63, 3.8) is 0 Å². The van der Waals surface area contributed by atoms with E-state index in [1.165, 1.54) is 6.92 Å². The van der Waals surface area contributed by atoms with Crippen molar-refractivity contribution in [2.24, 2.45) is 0 Å². The Morgan fingerprint density at radius 2 is 1.52 bits per heavy atom. The van der Waals surface area contributed by atoms with Crippen LogP contribution in [0, 0.1) is 0 Å². The number of halogens is 6. The Kier molecular flexibility index (Phi) is 6.43. The predicted octanol–water partition coefficient (Wildman–Crippen LogP) is 1.61. The Balaban J connectivity index is 5.32. The van der Waals surface area contributed by atoms with Gasteiger partial charge in [0.25, 0.3) is 10.0 Å². The van der Waals surface area contributed by atoms with E-state index >= 15 is 0 Å². The van der Waals surface area contributed by atoms with Gasteiger partial charge in [-0.05, 0) is 18.9 Å². The number of hydrogen-bond donors (Lipinski definition) is 1. The van der Waals surface area contributed by atoms with Crippen LogP contribution in [0.3, 0.4) is 0 Å². The molecule has 0 heterocycles. The summed E-state index contributed by atoms with van der Waals surface area (Å²) in [5, 5.41) is -5.51. The molecule has 1 atom stereocenters. The number of alkyl halides is 6. The molecule has 1 N–H and O–H groups in total. The van der Waals surface area contributed by atoms with Crippen LogP contribution in [-0.4, -0.2) is 39.6 Å². The number of allylic oxidation sites excluding steroid dienone is 1. The lowest BCUT2D eigenvalue weighted by Gasteiger charge is -2.21. The molecule has 0 aromatic carbocycles. The average Bonchev–Trinajstić information content (AvgIpc) is 2.32. The first kappa shape index (κ1) is 21.9. The summed E-state index contributed by atoms with van der Waals surface area (Å²) in [6.07, 6.45) is -5.88. The first-order chi connectivity index (χ1) is 9.96. The van der Waals surface area contributed by atoms with Crippen LogP contribution in [0.1, 0.15) is 19.8 Å². The summed E-state index contributed by atoms with van der Waals surface area (Å²) in [6.45, 7) is 4.29. The number of nitrogens with one attached hydrogen (secondary N) is 1. The molecular weight excluding hydrogens is 380 g/mol. The fourth-order valence-electron chi connectivity index (χ4n) is 1.05. The van der Waals surface area contributed by atoms with Crippen LogP contribution in [0.25, 0.3) is 0 Å². The molecule has 0 aliphatic rings. The quantitative estimate of drug-likeness (QED) is 0.501. The van der Waals surface area contributed by atoms with Crippen LogP contribution in [0.5, 0.6) is 0 Å². The summed E-state index contributed by atoms with van der Waals surface area (Å²) in [5.74, 6) is -0.878. The monoisotopic (exact) mass is 391 g/mol. The summed E-state index contributed by atoms with van der Waals surface area (Å²) in [5.41, 5.74) is -6.33. The molecular formula is C9H11F6NO5S2. The van der Waals surface area contributed by atoms with Crippen molar-refractivity contribution in [1.82, 2.24) is 4.13 Å². The smallest absolute Gasteiger partial charge is 0.295 e. The Labute approximate surface area is 127 Å². The van der Waals surface area contributed by atoms with Crippen LogP contribution in [0.2, 0.25) is 0 Å². The van der Waals surface area contributed by atoms with Crippen molar-refractivity contribution in [2.45, 2.75) is 36.7 Å². The number of carbonyl (C=O) groups is 1. The molecule has 0 aromatic rings. The Morgan fingerprint density at radius 3 is 1.87 bits per heavy atom. The number of sulfonamides is 2. The third-order valence-corrected chi connectivity index (χ3v) is 5.69. The highest BCUT2D eigenvalue weighted by Gasteiger charge is 2.58. The second-order valence-electron chi connectivity index (χ2n) is 4.31. The highest BCUT2D eigenvalue weighted by atomic mass is 32.3. The van der Waals surface area contributed by atoms with Gasteiger partial charge in [-0.1, -0.05) is 10.7 Å². The van der Waals surface area contributed by atoms with E-state index < -0.39 is 55.6 Å². The average molecular weight is 391 g/mol. The summed E-state index contributed by atoms with van der Waals surface area (Å²) in [7, 11) is -13.3. The molecule has 23 heavy (non-hydrogen) atoms. The lowest BCUT2D eigenvalue weighted by molar-refractivity contribution is -0.116. The van der Waals surface area contributed by atoms with Crippen molar-refractivity contribution in [2.75, 3.05) is 0 Å². The molecule has 0 aliphatic heterocycles. The molecule has 0 rings (SSSR count). The number of rotatable bonds is 8. The fraction of sp³-hybridized carbons (Fsp3) is 0.667. The van der Waals surface area contributed by atoms with Crippen LogP contribution in [0.15, 0.2) is 12.2 Å². The minimum atomic E-state index is -6.68. The first-order valence-electron chi connectivity index (χ1n) is 5.50. The second-order valence-corrected chi connectivity index (χ2v) is 8.00. The van der Waals surface area contributed by atoms with Crippen LogP contribution < -0.4 is 4.13 Å². The molecule has 0 radical (unpaired) electrons. The molecule has 136 valence electrons. The molecule has 0 amide bonds. The number of ketones is 1. The molecule has 0 spiro atoms. The van der Waals surface area contributed by atoms with Crippen LogP contribution in [-0.2, 0) is 24.8 Å². The highest BCUT2D eigenvalue weighted by molar-refractivity contribution is 8.05. The highest BCUT2D eigenvalue weighted by Crippen LogP contribution is 2.32. The van der Waals surface area contributed by atoms with Gasteiger partial charge >= 0.3 is 20.8 Å². The van der Waals surface area contributed by atoms with Gasteiger partial charge in [0.2, 0.25) is 0 Å². The first-order valence-corrected chi connectivity index (χ1v) is 8.47. The van der Waals surface area contributed by atoms with Crippen LogP contribution in [0.4, 0.5) is 26.3 Å². The maximum absolute atomic E-state index is 13.4. The van der Waals surface area contributed by atoms with Crippen molar-refractivity contribution >= 4 is 25.8 Å². The summed E-state index contributed by atoms with van der Waals surface area (Å²) < 4.78 is 119. The minimum Gasteiger partial charge on any atom is -0.295 e. The van der Waals surface area contributed by atoms with Gasteiger partial charge in [0.05, 0.1) is 0 Å². The molecule has 0 aliphatic carbocycles. The van der Waals surface area contributed by atoms with Crippen molar-refractivity contribution in [3.8, 4) is 0 Å². The third kappa shape index (κ3) is 5.17. The van der Waals surface area contributed by atoms with E-state index in [9.17, 15) is 48.0 Å². The van der Waals surface area contributed by atoms with E-state index in [1.807, 2.05) is 0 Å². The zero-order valence-corrected chi connectivity index (χ0v) is 13.0. The lowest BCUT2D eigenvalue weighted by atomic mass is 10.1. The molecule has 0 aromatic heterocycles. The summed E-state index contributed by atoms with van der Waals surface area (Å²) in [6, 6.07) is 0. The zero-order valence-electron chi connectivity index (χ0n) is 11.3. The second kappa shape index (κ2) is 6.76. The molecule has 0 saturated carbocycles. The standard InChI is InChI=1S/C9H11F6NO5S2/c1-5(2)6(17)3-4-7(10)8(11,12)22(18,19)16-23(20,21)9(13,14)15/h7,16H,1,3-4H2,2H3. The fourth-order valence-corrected chi connectivity index (χ4v) is 3.49. The maximum atomic E-state index is 13.4. The number of Topliss-reactive ketones (excluding diaryl/α,β-unsaturated/α-hetero) is 1. The largest absolute Gasteiger partial charge is 0.512 e. The van der Waals surface area contributed by atoms with Gasteiger partial charge in [0, 0.05) is 6.42 Å². The Morgan fingerprint density at radius 1 is 1.09 bits per heavy atom. The van der Waals surface area contributed by atoms with Gasteiger partial charge < -0.3 is 0 Å². The SMILES string of the molecule is C=C(C)C(=O)CCC(F)C(F)(F)S(=O)(=O)NS(=O)(=O)C(F)(F)F. The summed E-state index contributed by atoms with van der Waals surface area (Å²) >= 11 is 0. The van der Waals surface area contributed by atoms with E-state index in [-0.39, 0.29) is 9.70 Å². The van der Waals surface area contributed by atoms with E-state index in [0.29, 0.717) is 0 Å². The van der Waals surface area contributed by atoms with Gasteiger partial charge in [-0.15, -0.1) is 0 Å². The van der Waals surface area contributed by atoms with Gasteiger partial charge in [0.1, 0.15) is 0 Å². The van der Waals surface area contributed by atoms with E-state index in [1.54, 1.807) is 0 Å². The van der Waals surface area contributed by atoms with Gasteiger partial charge in [0.15, 0.2) is 12.0 Å². The van der Waals surface area contributed by atoms with Gasteiger partial charge in [-0.2, -0.15) is 22.0 Å². The maximum Gasteiger partial charge on any atom is 0.512 e. The van der Waals surface area contributed by atoms with Crippen molar-refractivity contribution in [1.29, 1.82) is 0 Å². The molecule has 1 unspecified atom stereocenters.